The Morgan fingerprint density at radius 2 is 1.94 bits per heavy atom. The van der Waals surface area contributed by atoms with Crippen LogP contribution >= 0.6 is 11.6 Å². The van der Waals surface area contributed by atoms with Gasteiger partial charge in [0.2, 0.25) is 0 Å². The molecule has 3 N–H and O–H groups in total. The Balaban J connectivity index is 2.71. The number of carboxylic acid groups (broad SMARTS) is 1. The lowest BCUT2D eigenvalue weighted by Crippen LogP contribution is -2.28. The highest BCUT2D eigenvalue weighted by atomic mass is 35.5. The molecule has 0 saturated heterocycles. The molecular weight excluding hydrogens is 254 g/mol. The molecular formula is C13H18ClNO3. The summed E-state index contributed by atoms with van der Waals surface area (Å²) in [7, 11) is 0. The van der Waals surface area contributed by atoms with Crippen LogP contribution in [0.2, 0.25) is 0 Å². The summed E-state index contributed by atoms with van der Waals surface area (Å²) in [6.07, 6.45) is -0.596. The van der Waals surface area contributed by atoms with Crippen LogP contribution in [0.5, 0.6) is 0 Å². The summed E-state index contributed by atoms with van der Waals surface area (Å²) < 4.78 is 0. The Bertz CT molecular complexity index is 403. The van der Waals surface area contributed by atoms with Crippen LogP contribution in [0.25, 0.3) is 0 Å². The predicted octanol–water partition coefficient (Wildman–Crippen LogP) is 2.06. The van der Waals surface area contributed by atoms with Crippen LogP contribution in [0.1, 0.15) is 19.4 Å². The second-order valence-corrected chi connectivity index (χ2v) is 5.01. The molecule has 5 heteroatoms. The summed E-state index contributed by atoms with van der Waals surface area (Å²) in [6, 6.07) is 7.12. The van der Waals surface area contributed by atoms with Gasteiger partial charge in [0.1, 0.15) is 0 Å². The first-order chi connectivity index (χ1) is 8.37. The largest absolute Gasteiger partial charge is 0.481 e. The molecule has 0 aliphatic heterocycles. The second kappa shape index (κ2) is 6.07. The minimum atomic E-state index is -0.909. The van der Waals surface area contributed by atoms with Crippen molar-refractivity contribution in [3.05, 3.63) is 29.8 Å². The highest BCUT2D eigenvalue weighted by Gasteiger charge is 2.29. The van der Waals surface area contributed by atoms with Crippen molar-refractivity contribution < 1.29 is 15.0 Å². The maximum atomic E-state index is 11.1. The molecule has 1 aromatic carbocycles. The zero-order chi connectivity index (χ0) is 13.8. The van der Waals surface area contributed by atoms with Gasteiger partial charge in [0, 0.05) is 12.2 Å². The van der Waals surface area contributed by atoms with Crippen LogP contribution in [-0.2, 0) is 10.2 Å². The van der Waals surface area contributed by atoms with Gasteiger partial charge in [-0.25, -0.2) is 0 Å². The number of carbonyl (C=O) groups is 1. The van der Waals surface area contributed by atoms with Gasteiger partial charge in [-0.15, -0.1) is 11.6 Å². The number of hydrogen-bond donors (Lipinski definition) is 3. The number of anilines is 1. The first-order valence-electron chi connectivity index (χ1n) is 5.69. The van der Waals surface area contributed by atoms with Gasteiger partial charge < -0.3 is 15.5 Å². The zero-order valence-electron chi connectivity index (χ0n) is 10.5. The maximum Gasteiger partial charge on any atom is 0.313 e. The van der Waals surface area contributed by atoms with E-state index in [4.69, 9.17) is 16.7 Å². The minimum Gasteiger partial charge on any atom is -0.481 e. The SMILES string of the molecule is CC(C)(C(=O)O)c1ccc(NCC(O)CCl)cc1. The Morgan fingerprint density at radius 1 is 1.39 bits per heavy atom. The normalized spacial score (nSPS) is 13.1. The fourth-order valence-electron chi connectivity index (χ4n) is 1.42. The van der Waals surface area contributed by atoms with Crippen molar-refractivity contribution in [2.45, 2.75) is 25.4 Å². The monoisotopic (exact) mass is 271 g/mol. The van der Waals surface area contributed by atoms with Crippen molar-refractivity contribution in [2.75, 3.05) is 17.7 Å². The van der Waals surface area contributed by atoms with E-state index in [0.29, 0.717) is 6.54 Å². The number of rotatable bonds is 6. The van der Waals surface area contributed by atoms with E-state index in [9.17, 15) is 9.90 Å². The van der Waals surface area contributed by atoms with Crippen LogP contribution in [0, 0.1) is 0 Å². The van der Waals surface area contributed by atoms with Gasteiger partial charge >= 0.3 is 5.97 Å². The molecule has 0 aliphatic rings. The van der Waals surface area contributed by atoms with Gasteiger partial charge in [-0.2, -0.15) is 0 Å². The van der Waals surface area contributed by atoms with E-state index >= 15 is 0 Å². The third kappa shape index (κ3) is 3.62. The summed E-state index contributed by atoms with van der Waals surface area (Å²) in [5.74, 6) is -0.683. The van der Waals surface area contributed by atoms with Gasteiger partial charge in [0.25, 0.3) is 0 Å². The molecule has 4 nitrogen and oxygen atoms in total. The molecule has 1 rings (SSSR count). The lowest BCUT2D eigenvalue weighted by molar-refractivity contribution is -0.142. The molecule has 0 saturated carbocycles. The van der Waals surface area contributed by atoms with Crippen LogP contribution in [0.3, 0.4) is 0 Å². The zero-order valence-corrected chi connectivity index (χ0v) is 11.2. The number of benzene rings is 1. The lowest BCUT2D eigenvalue weighted by Gasteiger charge is -2.20. The fraction of sp³-hybridized carbons (Fsp3) is 0.462. The summed E-state index contributed by atoms with van der Waals surface area (Å²) >= 11 is 5.48. The van der Waals surface area contributed by atoms with Crippen molar-refractivity contribution in [2.24, 2.45) is 0 Å². The summed E-state index contributed by atoms with van der Waals surface area (Å²) in [4.78, 5) is 11.1. The van der Waals surface area contributed by atoms with Crippen molar-refractivity contribution in [3.63, 3.8) is 0 Å². The highest BCUT2D eigenvalue weighted by Crippen LogP contribution is 2.24. The molecule has 1 aromatic rings. The summed E-state index contributed by atoms with van der Waals surface area (Å²) in [6.45, 7) is 3.69. The number of aliphatic carboxylic acids is 1. The molecule has 0 fully saturated rings. The predicted molar refractivity (Wildman–Crippen MR) is 72.3 cm³/mol. The van der Waals surface area contributed by atoms with Crippen molar-refractivity contribution >= 4 is 23.3 Å². The summed E-state index contributed by atoms with van der Waals surface area (Å²) in [5, 5.41) is 21.4. The van der Waals surface area contributed by atoms with E-state index in [1.807, 2.05) is 0 Å². The number of halogens is 1. The number of hydrogen-bond acceptors (Lipinski definition) is 3. The van der Waals surface area contributed by atoms with E-state index in [2.05, 4.69) is 5.32 Å². The third-order valence-electron chi connectivity index (χ3n) is 2.86. The van der Waals surface area contributed by atoms with Crippen molar-refractivity contribution in [1.82, 2.24) is 0 Å². The van der Waals surface area contributed by atoms with Crippen molar-refractivity contribution in [3.8, 4) is 0 Å². The van der Waals surface area contributed by atoms with Crippen LogP contribution in [0.4, 0.5) is 5.69 Å². The number of nitrogens with one attached hydrogen (secondary N) is 1. The van der Waals surface area contributed by atoms with Gasteiger partial charge in [-0.05, 0) is 31.5 Å². The molecule has 0 radical (unpaired) electrons. The molecule has 0 heterocycles. The number of alkyl halides is 1. The maximum absolute atomic E-state index is 11.1. The molecule has 0 spiro atoms. The lowest BCUT2D eigenvalue weighted by atomic mass is 9.85. The fourth-order valence-corrected chi connectivity index (χ4v) is 1.53. The molecule has 100 valence electrons. The average Bonchev–Trinajstić information content (AvgIpc) is 2.36. The third-order valence-corrected chi connectivity index (χ3v) is 3.22. The van der Waals surface area contributed by atoms with E-state index in [1.54, 1.807) is 38.1 Å². The first-order valence-corrected chi connectivity index (χ1v) is 6.23. The number of aliphatic hydroxyl groups excluding tert-OH is 1. The van der Waals surface area contributed by atoms with Crippen molar-refractivity contribution in [1.29, 1.82) is 0 Å². The number of carboxylic acids is 1. The number of aliphatic hydroxyl groups is 1. The van der Waals surface area contributed by atoms with Gasteiger partial charge in [0.05, 0.1) is 17.4 Å². The molecule has 18 heavy (non-hydrogen) atoms. The van der Waals surface area contributed by atoms with Gasteiger partial charge in [-0.3, -0.25) is 4.79 Å². The molecule has 1 atom stereocenters. The minimum absolute atomic E-state index is 0.178. The van der Waals surface area contributed by atoms with Crippen LogP contribution in [-0.4, -0.2) is 34.7 Å². The van der Waals surface area contributed by atoms with Crippen LogP contribution in [0.15, 0.2) is 24.3 Å². The molecule has 1 unspecified atom stereocenters. The Labute approximate surface area is 112 Å². The van der Waals surface area contributed by atoms with Gasteiger partial charge in [-0.1, -0.05) is 12.1 Å². The van der Waals surface area contributed by atoms with E-state index in [-0.39, 0.29) is 5.88 Å². The molecule has 0 aromatic heterocycles. The van der Waals surface area contributed by atoms with E-state index < -0.39 is 17.5 Å². The molecule has 0 bridgehead atoms. The standard InChI is InChI=1S/C13H18ClNO3/c1-13(2,12(17)18)9-3-5-10(6-4-9)15-8-11(16)7-14/h3-6,11,15-16H,7-8H2,1-2H3,(H,17,18). The summed E-state index contributed by atoms with van der Waals surface area (Å²) in [5.41, 5.74) is 0.649. The average molecular weight is 272 g/mol. The molecule has 0 aliphatic carbocycles. The Kier molecular flexibility index (Phi) is 4.99. The second-order valence-electron chi connectivity index (χ2n) is 4.70. The van der Waals surface area contributed by atoms with E-state index in [0.717, 1.165) is 11.3 Å². The highest BCUT2D eigenvalue weighted by molar-refractivity contribution is 6.18. The smallest absolute Gasteiger partial charge is 0.313 e. The van der Waals surface area contributed by atoms with Crippen LogP contribution < -0.4 is 5.32 Å². The first kappa shape index (κ1) is 14.8. The quantitative estimate of drug-likeness (QED) is 0.693. The van der Waals surface area contributed by atoms with E-state index in [1.165, 1.54) is 0 Å². The van der Waals surface area contributed by atoms with Gasteiger partial charge in [0.15, 0.2) is 0 Å². The Hall–Kier alpha value is -1.26. The molecule has 0 amide bonds. The topological polar surface area (TPSA) is 69.6 Å². The Morgan fingerprint density at radius 3 is 2.39 bits per heavy atom.